The number of hydrogen-bond donors (Lipinski definition) is 1. The molecule has 0 spiro atoms. The summed E-state index contributed by atoms with van der Waals surface area (Å²) in [6.45, 7) is 4.34. The zero-order valence-corrected chi connectivity index (χ0v) is 13.1. The van der Waals surface area contributed by atoms with Gasteiger partial charge in [-0.1, -0.05) is 66.2 Å². The van der Waals surface area contributed by atoms with E-state index in [9.17, 15) is 0 Å². The van der Waals surface area contributed by atoms with E-state index in [0.29, 0.717) is 11.9 Å². The highest BCUT2D eigenvalue weighted by molar-refractivity contribution is 5.79. The van der Waals surface area contributed by atoms with Gasteiger partial charge in [0.25, 0.3) is 5.95 Å². The summed E-state index contributed by atoms with van der Waals surface area (Å²) in [7, 11) is 0. The molecule has 0 saturated carbocycles. The summed E-state index contributed by atoms with van der Waals surface area (Å²) in [6.07, 6.45) is 1.73. The van der Waals surface area contributed by atoms with Gasteiger partial charge in [-0.2, -0.15) is 5.10 Å². The van der Waals surface area contributed by atoms with E-state index in [2.05, 4.69) is 51.9 Å². The average Bonchev–Trinajstić information content (AvgIpc) is 3.01. The van der Waals surface area contributed by atoms with E-state index in [1.807, 2.05) is 42.5 Å². The highest BCUT2D eigenvalue weighted by Crippen LogP contribution is 2.14. The summed E-state index contributed by atoms with van der Waals surface area (Å²) >= 11 is 0. The lowest BCUT2D eigenvalue weighted by Crippen LogP contribution is -2.01. The summed E-state index contributed by atoms with van der Waals surface area (Å²) in [5.41, 5.74) is 3.20. The van der Waals surface area contributed by atoms with Crippen molar-refractivity contribution >= 4 is 17.9 Å². The van der Waals surface area contributed by atoms with Gasteiger partial charge in [-0.15, -0.1) is 0 Å². The van der Waals surface area contributed by atoms with Crippen molar-refractivity contribution in [1.82, 2.24) is 20.3 Å². The van der Waals surface area contributed by atoms with Crippen LogP contribution in [0.5, 0.6) is 0 Å². The number of benzene rings is 2. The monoisotopic (exact) mass is 306 g/mol. The van der Waals surface area contributed by atoms with Gasteiger partial charge >= 0.3 is 0 Å². The Kier molecular flexibility index (Phi) is 4.42. The van der Waals surface area contributed by atoms with Crippen LogP contribution in [0, 0.1) is 0 Å². The molecule has 0 unspecified atom stereocenters. The molecule has 3 aromatic rings. The zero-order chi connectivity index (χ0) is 16.1. The van der Waals surface area contributed by atoms with Crippen molar-refractivity contribution in [2.45, 2.75) is 19.8 Å². The molecule has 116 valence electrons. The summed E-state index contributed by atoms with van der Waals surface area (Å²) in [5, 5.41) is 18.9. The first-order chi connectivity index (χ1) is 11.2. The second kappa shape index (κ2) is 6.83. The highest BCUT2D eigenvalue weighted by atomic mass is 15.7. The minimum absolute atomic E-state index is 0.464. The second-order valence-electron chi connectivity index (χ2n) is 5.45. The average molecular weight is 306 g/mol. The van der Waals surface area contributed by atoms with Crippen LogP contribution < -0.4 is 5.32 Å². The number of hydrogen-bond acceptors (Lipinski definition) is 5. The van der Waals surface area contributed by atoms with Crippen LogP contribution in [0.3, 0.4) is 0 Å². The van der Waals surface area contributed by atoms with Crippen LogP contribution in [0.25, 0.3) is 0 Å². The Morgan fingerprint density at radius 2 is 1.78 bits per heavy atom. The first kappa shape index (κ1) is 14.9. The van der Waals surface area contributed by atoms with Crippen molar-refractivity contribution in [3.05, 3.63) is 65.7 Å². The molecule has 6 heteroatoms. The molecule has 0 amide bonds. The van der Waals surface area contributed by atoms with E-state index in [-0.39, 0.29) is 0 Å². The molecule has 0 aliphatic carbocycles. The first-order valence-corrected chi connectivity index (χ1v) is 7.47. The number of nitrogens with zero attached hydrogens (tertiary/aromatic N) is 5. The number of para-hydroxylation sites is 1. The van der Waals surface area contributed by atoms with Crippen LogP contribution in [-0.4, -0.2) is 26.5 Å². The third-order valence-corrected chi connectivity index (χ3v) is 3.40. The number of aromatic nitrogens is 4. The van der Waals surface area contributed by atoms with E-state index in [1.54, 1.807) is 6.21 Å². The number of rotatable bonds is 5. The zero-order valence-electron chi connectivity index (χ0n) is 13.1. The van der Waals surface area contributed by atoms with E-state index in [1.165, 1.54) is 10.4 Å². The predicted molar refractivity (Wildman–Crippen MR) is 91.1 cm³/mol. The predicted octanol–water partition coefficient (Wildman–Crippen LogP) is 3.42. The largest absolute Gasteiger partial charge is 0.321 e. The molecule has 0 atom stereocenters. The second-order valence-corrected chi connectivity index (χ2v) is 5.45. The molecule has 0 aliphatic heterocycles. The molecule has 6 nitrogen and oxygen atoms in total. The fourth-order valence-electron chi connectivity index (χ4n) is 2.07. The Morgan fingerprint density at radius 1 is 1.04 bits per heavy atom. The molecule has 0 radical (unpaired) electrons. The Labute approximate surface area is 134 Å². The molecule has 1 aromatic heterocycles. The summed E-state index contributed by atoms with van der Waals surface area (Å²) in [5.74, 6) is 0.980. The molecule has 23 heavy (non-hydrogen) atoms. The number of tetrazole rings is 1. The van der Waals surface area contributed by atoms with Crippen molar-refractivity contribution in [2.75, 3.05) is 5.32 Å². The van der Waals surface area contributed by atoms with Gasteiger partial charge in [-0.05, 0) is 39.6 Å². The normalized spacial score (nSPS) is 11.3. The fraction of sp³-hybridized carbons (Fsp3) is 0.176. The van der Waals surface area contributed by atoms with Crippen molar-refractivity contribution in [3.63, 3.8) is 0 Å². The van der Waals surface area contributed by atoms with Gasteiger partial charge in [-0.25, -0.2) is 0 Å². The SMILES string of the molecule is CC(C)c1ccc(/C=N\n2nnnc2Nc2ccccc2)cc1. The highest BCUT2D eigenvalue weighted by Gasteiger charge is 2.04. The van der Waals surface area contributed by atoms with Gasteiger partial charge in [-0.3, -0.25) is 0 Å². The number of anilines is 2. The maximum absolute atomic E-state index is 4.30. The van der Waals surface area contributed by atoms with Gasteiger partial charge in [0.2, 0.25) is 0 Å². The van der Waals surface area contributed by atoms with Crippen LogP contribution >= 0.6 is 0 Å². The van der Waals surface area contributed by atoms with Crippen LogP contribution in [0.4, 0.5) is 11.6 Å². The fourth-order valence-corrected chi connectivity index (χ4v) is 2.07. The summed E-state index contributed by atoms with van der Waals surface area (Å²) < 4.78 is 0. The van der Waals surface area contributed by atoms with Crippen molar-refractivity contribution in [3.8, 4) is 0 Å². The minimum Gasteiger partial charge on any atom is -0.321 e. The molecular formula is C17H18N6. The van der Waals surface area contributed by atoms with E-state index >= 15 is 0 Å². The standard InChI is InChI=1S/C17H18N6/c1-13(2)15-10-8-14(9-11-15)12-18-23-17(20-21-22-23)19-16-6-4-3-5-7-16/h3-13H,1-2H3,(H,19,20,22)/b18-12-. The van der Waals surface area contributed by atoms with Crippen LogP contribution in [0.1, 0.15) is 30.9 Å². The first-order valence-electron chi connectivity index (χ1n) is 7.47. The third-order valence-electron chi connectivity index (χ3n) is 3.40. The Hall–Kier alpha value is -3.02. The van der Waals surface area contributed by atoms with E-state index < -0.39 is 0 Å². The Balaban J connectivity index is 1.74. The van der Waals surface area contributed by atoms with Crippen molar-refractivity contribution < 1.29 is 0 Å². The minimum atomic E-state index is 0.464. The molecule has 3 rings (SSSR count). The molecule has 0 saturated heterocycles. The van der Waals surface area contributed by atoms with Gasteiger partial charge < -0.3 is 5.32 Å². The molecule has 2 aromatic carbocycles. The lowest BCUT2D eigenvalue weighted by Gasteiger charge is -2.04. The third kappa shape index (κ3) is 3.79. The lowest BCUT2D eigenvalue weighted by atomic mass is 10.0. The maximum atomic E-state index is 4.30. The maximum Gasteiger partial charge on any atom is 0.269 e. The molecule has 1 heterocycles. The topological polar surface area (TPSA) is 68.0 Å². The smallest absolute Gasteiger partial charge is 0.269 e. The lowest BCUT2D eigenvalue weighted by molar-refractivity contribution is 0.699. The molecule has 0 bridgehead atoms. The Morgan fingerprint density at radius 3 is 2.48 bits per heavy atom. The molecule has 0 aliphatic rings. The Bertz CT molecular complexity index is 774. The van der Waals surface area contributed by atoms with Gasteiger partial charge in [0.05, 0.1) is 6.21 Å². The van der Waals surface area contributed by atoms with Crippen LogP contribution in [-0.2, 0) is 0 Å². The van der Waals surface area contributed by atoms with Gasteiger partial charge in [0, 0.05) is 5.69 Å². The van der Waals surface area contributed by atoms with E-state index in [4.69, 9.17) is 0 Å². The van der Waals surface area contributed by atoms with Gasteiger partial charge in [0.1, 0.15) is 0 Å². The van der Waals surface area contributed by atoms with Crippen molar-refractivity contribution in [2.24, 2.45) is 5.10 Å². The van der Waals surface area contributed by atoms with Gasteiger partial charge in [0.15, 0.2) is 0 Å². The van der Waals surface area contributed by atoms with Crippen molar-refractivity contribution in [1.29, 1.82) is 0 Å². The molecule has 0 fully saturated rings. The summed E-state index contributed by atoms with van der Waals surface area (Å²) in [4.78, 5) is 1.36. The summed E-state index contributed by atoms with van der Waals surface area (Å²) in [6, 6.07) is 18.0. The number of nitrogens with one attached hydrogen (secondary N) is 1. The molecular weight excluding hydrogens is 288 g/mol. The quantitative estimate of drug-likeness (QED) is 0.733. The van der Waals surface area contributed by atoms with Crippen LogP contribution in [0.15, 0.2) is 59.7 Å². The van der Waals surface area contributed by atoms with E-state index in [0.717, 1.165) is 11.3 Å². The molecule has 1 N–H and O–H groups in total. The van der Waals surface area contributed by atoms with Crippen LogP contribution in [0.2, 0.25) is 0 Å².